The quantitative estimate of drug-likeness (QED) is 0.861. The molecule has 1 N–H and O–H groups in total. The van der Waals surface area contributed by atoms with E-state index in [1.165, 1.54) is 11.3 Å². The van der Waals surface area contributed by atoms with Gasteiger partial charge in [-0.15, -0.1) is 11.3 Å². The molecule has 2 aromatic rings. The first-order valence-corrected chi connectivity index (χ1v) is 7.18. The van der Waals surface area contributed by atoms with Crippen molar-refractivity contribution in [2.75, 3.05) is 23.3 Å². The van der Waals surface area contributed by atoms with Crippen molar-refractivity contribution in [2.45, 2.75) is 20.4 Å². The number of benzene rings is 1. The van der Waals surface area contributed by atoms with Gasteiger partial charge in [0.1, 0.15) is 0 Å². The fraction of sp³-hybridized carbons (Fsp3) is 0.357. The van der Waals surface area contributed by atoms with E-state index in [9.17, 15) is 0 Å². The first kappa shape index (κ1) is 12.9. The summed E-state index contributed by atoms with van der Waals surface area (Å²) in [5.41, 5.74) is 2.57. The van der Waals surface area contributed by atoms with Crippen molar-refractivity contribution >= 4 is 22.2 Å². The molecule has 0 saturated heterocycles. The lowest BCUT2D eigenvalue weighted by Crippen LogP contribution is -2.21. The molecule has 0 aliphatic carbocycles. The summed E-state index contributed by atoms with van der Waals surface area (Å²) in [5.74, 6) is 0. The Kier molecular flexibility index (Phi) is 4.59. The van der Waals surface area contributed by atoms with Gasteiger partial charge >= 0.3 is 0 Å². The molecule has 1 aromatic carbocycles. The lowest BCUT2D eigenvalue weighted by molar-refractivity contribution is 0.865. The van der Waals surface area contributed by atoms with E-state index < -0.39 is 0 Å². The van der Waals surface area contributed by atoms with Gasteiger partial charge in [-0.3, -0.25) is 0 Å². The number of nitrogens with one attached hydrogen (secondary N) is 1. The molecule has 4 heteroatoms. The van der Waals surface area contributed by atoms with Gasteiger partial charge in [-0.25, -0.2) is 4.98 Å². The monoisotopic (exact) mass is 261 g/mol. The van der Waals surface area contributed by atoms with Gasteiger partial charge in [-0.1, -0.05) is 12.1 Å². The van der Waals surface area contributed by atoms with Crippen molar-refractivity contribution in [1.82, 2.24) is 4.98 Å². The fourth-order valence-corrected chi connectivity index (χ4v) is 2.43. The summed E-state index contributed by atoms with van der Waals surface area (Å²) in [6.45, 7) is 7.29. The van der Waals surface area contributed by atoms with E-state index in [0.29, 0.717) is 0 Å². The van der Waals surface area contributed by atoms with Gasteiger partial charge in [0.15, 0.2) is 5.13 Å². The smallest absolute Gasteiger partial charge is 0.182 e. The SMILES string of the molecule is CCN(CC)c1ccc(CNc2nccs2)cc1. The predicted octanol–water partition coefficient (Wildman–Crippen LogP) is 3.60. The highest BCUT2D eigenvalue weighted by atomic mass is 32.1. The van der Waals surface area contributed by atoms with E-state index in [4.69, 9.17) is 0 Å². The van der Waals surface area contributed by atoms with Gasteiger partial charge in [0.25, 0.3) is 0 Å². The average Bonchev–Trinajstić information content (AvgIpc) is 2.92. The van der Waals surface area contributed by atoms with Crippen LogP contribution < -0.4 is 10.2 Å². The number of aromatic nitrogens is 1. The molecule has 0 aliphatic heterocycles. The maximum absolute atomic E-state index is 4.20. The molecule has 1 heterocycles. The van der Waals surface area contributed by atoms with Crippen LogP contribution in [-0.4, -0.2) is 18.1 Å². The molecule has 0 aliphatic rings. The first-order valence-electron chi connectivity index (χ1n) is 6.30. The minimum absolute atomic E-state index is 0.825. The Morgan fingerprint density at radius 1 is 1.17 bits per heavy atom. The zero-order valence-electron chi connectivity index (χ0n) is 10.9. The second-order valence-electron chi connectivity index (χ2n) is 4.03. The molecule has 0 amide bonds. The normalized spacial score (nSPS) is 10.3. The third-order valence-corrected chi connectivity index (χ3v) is 3.67. The van der Waals surface area contributed by atoms with Crippen molar-refractivity contribution in [3.05, 3.63) is 41.4 Å². The van der Waals surface area contributed by atoms with Crippen LogP contribution in [0, 0.1) is 0 Å². The van der Waals surface area contributed by atoms with Crippen LogP contribution in [0.25, 0.3) is 0 Å². The van der Waals surface area contributed by atoms with Crippen molar-refractivity contribution in [2.24, 2.45) is 0 Å². The summed E-state index contributed by atoms with van der Waals surface area (Å²) in [6.07, 6.45) is 1.82. The van der Waals surface area contributed by atoms with E-state index in [1.807, 2.05) is 11.6 Å². The molecular formula is C14H19N3S. The highest BCUT2D eigenvalue weighted by molar-refractivity contribution is 7.13. The molecule has 0 fully saturated rings. The van der Waals surface area contributed by atoms with Crippen LogP contribution in [0.4, 0.5) is 10.8 Å². The Labute approximate surface area is 112 Å². The summed E-state index contributed by atoms with van der Waals surface area (Å²) < 4.78 is 0. The zero-order valence-corrected chi connectivity index (χ0v) is 11.7. The van der Waals surface area contributed by atoms with E-state index in [1.54, 1.807) is 11.3 Å². The molecule has 1 aromatic heterocycles. The zero-order chi connectivity index (χ0) is 12.8. The van der Waals surface area contributed by atoms with Crippen molar-refractivity contribution in [1.29, 1.82) is 0 Å². The Morgan fingerprint density at radius 3 is 2.44 bits per heavy atom. The van der Waals surface area contributed by atoms with Crippen molar-refractivity contribution < 1.29 is 0 Å². The van der Waals surface area contributed by atoms with E-state index in [0.717, 1.165) is 24.8 Å². The van der Waals surface area contributed by atoms with Gasteiger partial charge in [-0.2, -0.15) is 0 Å². The highest BCUT2D eigenvalue weighted by Crippen LogP contribution is 2.16. The number of hydrogen-bond acceptors (Lipinski definition) is 4. The van der Waals surface area contributed by atoms with E-state index >= 15 is 0 Å². The molecule has 3 nitrogen and oxygen atoms in total. The third-order valence-electron chi connectivity index (χ3n) is 2.94. The lowest BCUT2D eigenvalue weighted by Gasteiger charge is -2.21. The van der Waals surface area contributed by atoms with Gasteiger partial charge in [0.2, 0.25) is 0 Å². The summed E-state index contributed by atoms with van der Waals surface area (Å²) in [6, 6.07) is 8.72. The number of hydrogen-bond donors (Lipinski definition) is 1. The van der Waals surface area contributed by atoms with E-state index in [2.05, 4.69) is 53.3 Å². The van der Waals surface area contributed by atoms with Gasteiger partial charge in [0, 0.05) is 36.9 Å². The van der Waals surface area contributed by atoms with Crippen molar-refractivity contribution in [3.63, 3.8) is 0 Å². The molecule has 0 spiro atoms. The number of rotatable bonds is 6. The van der Waals surface area contributed by atoms with Crippen LogP contribution >= 0.6 is 11.3 Å². The minimum Gasteiger partial charge on any atom is -0.372 e. The van der Waals surface area contributed by atoms with Gasteiger partial charge < -0.3 is 10.2 Å². The van der Waals surface area contributed by atoms with E-state index in [-0.39, 0.29) is 0 Å². The molecule has 2 rings (SSSR count). The summed E-state index contributed by atoms with van der Waals surface area (Å²) in [7, 11) is 0. The van der Waals surface area contributed by atoms with Crippen LogP contribution in [0.3, 0.4) is 0 Å². The molecule has 96 valence electrons. The molecule has 0 unspecified atom stereocenters. The predicted molar refractivity (Wildman–Crippen MR) is 79.4 cm³/mol. The Bertz CT molecular complexity index is 446. The second kappa shape index (κ2) is 6.40. The molecule has 0 atom stereocenters. The van der Waals surface area contributed by atoms with Crippen LogP contribution in [0.15, 0.2) is 35.8 Å². The van der Waals surface area contributed by atoms with Crippen LogP contribution in [0.5, 0.6) is 0 Å². The summed E-state index contributed by atoms with van der Waals surface area (Å²) in [5, 5.41) is 6.26. The number of thiazole rings is 1. The lowest BCUT2D eigenvalue weighted by atomic mass is 10.2. The molecule has 18 heavy (non-hydrogen) atoms. The average molecular weight is 261 g/mol. The number of nitrogens with zero attached hydrogens (tertiary/aromatic N) is 2. The molecule has 0 saturated carbocycles. The largest absolute Gasteiger partial charge is 0.372 e. The topological polar surface area (TPSA) is 28.2 Å². The Morgan fingerprint density at radius 2 is 1.89 bits per heavy atom. The fourth-order valence-electron chi connectivity index (χ4n) is 1.90. The first-order chi connectivity index (χ1) is 8.83. The standard InChI is InChI=1S/C14H19N3S/c1-3-17(4-2)13-7-5-12(6-8-13)11-16-14-15-9-10-18-14/h5-10H,3-4,11H2,1-2H3,(H,15,16). The van der Waals surface area contributed by atoms with Crippen LogP contribution in [-0.2, 0) is 6.54 Å². The van der Waals surface area contributed by atoms with Gasteiger partial charge in [0.05, 0.1) is 0 Å². The highest BCUT2D eigenvalue weighted by Gasteiger charge is 2.01. The maximum atomic E-state index is 4.20. The van der Waals surface area contributed by atoms with Crippen molar-refractivity contribution in [3.8, 4) is 0 Å². The molecule has 0 radical (unpaired) electrons. The summed E-state index contributed by atoms with van der Waals surface area (Å²) in [4.78, 5) is 6.55. The molecular weight excluding hydrogens is 242 g/mol. The van der Waals surface area contributed by atoms with Crippen LogP contribution in [0.1, 0.15) is 19.4 Å². The second-order valence-corrected chi connectivity index (χ2v) is 4.92. The number of anilines is 2. The minimum atomic E-state index is 0.825. The van der Waals surface area contributed by atoms with Gasteiger partial charge in [-0.05, 0) is 31.5 Å². The van der Waals surface area contributed by atoms with Crippen LogP contribution in [0.2, 0.25) is 0 Å². The third kappa shape index (κ3) is 3.23. The summed E-state index contributed by atoms with van der Waals surface area (Å²) >= 11 is 1.63. The maximum Gasteiger partial charge on any atom is 0.182 e. The Balaban J connectivity index is 1.95. The Hall–Kier alpha value is -1.55. The molecule has 0 bridgehead atoms.